The molecule has 20 heavy (non-hydrogen) atoms. The summed E-state index contributed by atoms with van der Waals surface area (Å²) in [5.41, 5.74) is 3.92. The number of carbonyl (C=O) groups excluding carboxylic acids is 1. The van der Waals surface area contributed by atoms with Gasteiger partial charge in [-0.25, -0.2) is 0 Å². The van der Waals surface area contributed by atoms with Gasteiger partial charge in [0.25, 0.3) is 0 Å². The maximum atomic E-state index is 12.5. The SMILES string of the molecule is CCCc1ccc(C(=O)c2ccc3c(c2)CCO3)cc1. The van der Waals surface area contributed by atoms with Gasteiger partial charge in [-0.05, 0) is 35.7 Å². The summed E-state index contributed by atoms with van der Waals surface area (Å²) in [4.78, 5) is 12.5. The molecule has 3 rings (SSSR count). The first-order chi connectivity index (χ1) is 9.78. The van der Waals surface area contributed by atoms with E-state index in [1.807, 2.05) is 42.5 Å². The van der Waals surface area contributed by atoms with Gasteiger partial charge in [-0.3, -0.25) is 4.79 Å². The molecule has 1 aliphatic rings. The van der Waals surface area contributed by atoms with Gasteiger partial charge >= 0.3 is 0 Å². The first-order valence-corrected chi connectivity index (χ1v) is 7.17. The van der Waals surface area contributed by atoms with Crippen LogP contribution in [-0.4, -0.2) is 12.4 Å². The van der Waals surface area contributed by atoms with Crippen LogP contribution < -0.4 is 4.74 Å². The molecule has 1 heterocycles. The molecule has 0 N–H and O–H groups in total. The number of carbonyl (C=O) groups is 1. The van der Waals surface area contributed by atoms with Crippen molar-refractivity contribution in [2.45, 2.75) is 26.2 Å². The van der Waals surface area contributed by atoms with Gasteiger partial charge in [0.2, 0.25) is 0 Å². The molecule has 1 aliphatic heterocycles. The van der Waals surface area contributed by atoms with Crippen LogP contribution in [0, 0.1) is 0 Å². The lowest BCUT2D eigenvalue weighted by Crippen LogP contribution is -2.02. The summed E-state index contributed by atoms with van der Waals surface area (Å²) in [6, 6.07) is 13.7. The Labute approximate surface area is 119 Å². The van der Waals surface area contributed by atoms with Gasteiger partial charge in [-0.2, -0.15) is 0 Å². The second-order valence-electron chi connectivity index (χ2n) is 5.20. The molecule has 2 nitrogen and oxygen atoms in total. The minimum absolute atomic E-state index is 0.0859. The van der Waals surface area contributed by atoms with E-state index in [1.54, 1.807) is 0 Å². The van der Waals surface area contributed by atoms with E-state index in [1.165, 1.54) is 5.56 Å². The molecule has 0 saturated heterocycles. The molecule has 2 aromatic carbocycles. The molecule has 2 aromatic rings. The van der Waals surface area contributed by atoms with Crippen molar-refractivity contribution >= 4 is 5.78 Å². The highest BCUT2D eigenvalue weighted by atomic mass is 16.5. The van der Waals surface area contributed by atoms with E-state index in [-0.39, 0.29) is 5.78 Å². The van der Waals surface area contributed by atoms with Gasteiger partial charge in [-0.1, -0.05) is 37.6 Å². The molecule has 2 heteroatoms. The van der Waals surface area contributed by atoms with E-state index in [4.69, 9.17) is 4.74 Å². The number of fused-ring (bicyclic) bond motifs is 1. The summed E-state index contributed by atoms with van der Waals surface area (Å²) in [6.45, 7) is 2.88. The zero-order valence-corrected chi connectivity index (χ0v) is 11.7. The van der Waals surface area contributed by atoms with Crippen molar-refractivity contribution in [2.75, 3.05) is 6.61 Å². The molecule has 0 unspecified atom stereocenters. The fourth-order valence-corrected chi connectivity index (χ4v) is 2.61. The van der Waals surface area contributed by atoms with E-state index < -0.39 is 0 Å². The molecule has 0 spiro atoms. The Hall–Kier alpha value is -2.09. The van der Waals surface area contributed by atoms with Crippen molar-refractivity contribution < 1.29 is 9.53 Å². The van der Waals surface area contributed by atoms with Crippen molar-refractivity contribution in [2.24, 2.45) is 0 Å². The van der Waals surface area contributed by atoms with E-state index in [9.17, 15) is 4.79 Å². The quantitative estimate of drug-likeness (QED) is 0.787. The summed E-state index contributed by atoms with van der Waals surface area (Å²) >= 11 is 0. The Morgan fingerprint density at radius 1 is 1.10 bits per heavy atom. The Kier molecular flexibility index (Phi) is 3.55. The molecule has 0 radical (unpaired) electrons. The van der Waals surface area contributed by atoms with E-state index in [0.29, 0.717) is 0 Å². The van der Waals surface area contributed by atoms with Gasteiger partial charge < -0.3 is 4.74 Å². The molecular weight excluding hydrogens is 248 g/mol. The van der Waals surface area contributed by atoms with Gasteiger partial charge in [-0.15, -0.1) is 0 Å². The van der Waals surface area contributed by atoms with Crippen LogP contribution in [0.25, 0.3) is 0 Å². The average Bonchev–Trinajstić information content (AvgIpc) is 2.95. The number of ketones is 1. The van der Waals surface area contributed by atoms with Crippen LogP contribution in [0.1, 0.15) is 40.4 Å². The van der Waals surface area contributed by atoms with Gasteiger partial charge in [0.15, 0.2) is 5.78 Å². The van der Waals surface area contributed by atoms with Crippen LogP contribution in [0.15, 0.2) is 42.5 Å². The van der Waals surface area contributed by atoms with Crippen LogP contribution in [0.5, 0.6) is 5.75 Å². The molecule has 0 aliphatic carbocycles. The largest absolute Gasteiger partial charge is 0.493 e. The molecule has 102 valence electrons. The van der Waals surface area contributed by atoms with Crippen molar-refractivity contribution in [1.82, 2.24) is 0 Å². The number of benzene rings is 2. The smallest absolute Gasteiger partial charge is 0.193 e. The lowest BCUT2D eigenvalue weighted by molar-refractivity contribution is 0.103. The summed E-state index contributed by atoms with van der Waals surface area (Å²) in [6.07, 6.45) is 3.08. The highest BCUT2D eigenvalue weighted by molar-refractivity contribution is 6.09. The van der Waals surface area contributed by atoms with Crippen LogP contribution in [0.2, 0.25) is 0 Å². The molecular formula is C18H18O2. The maximum absolute atomic E-state index is 12.5. The minimum atomic E-state index is 0.0859. The van der Waals surface area contributed by atoms with Crippen LogP contribution in [-0.2, 0) is 12.8 Å². The first kappa shape index (κ1) is 12.9. The number of aryl methyl sites for hydroxylation is 1. The van der Waals surface area contributed by atoms with E-state index in [0.717, 1.165) is 48.3 Å². The molecule has 0 saturated carbocycles. The average molecular weight is 266 g/mol. The summed E-state index contributed by atoms with van der Waals surface area (Å²) < 4.78 is 5.47. The number of rotatable bonds is 4. The third-order valence-corrected chi connectivity index (χ3v) is 3.71. The van der Waals surface area contributed by atoms with Crippen LogP contribution in [0.3, 0.4) is 0 Å². The zero-order valence-electron chi connectivity index (χ0n) is 11.7. The molecule has 0 bridgehead atoms. The fourth-order valence-electron chi connectivity index (χ4n) is 2.61. The molecule has 0 aromatic heterocycles. The molecule has 0 fully saturated rings. The maximum Gasteiger partial charge on any atom is 0.193 e. The predicted octanol–water partition coefficient (Wildman–Crippen LogP) is 3.81. The highest BCUT2D eigenvalue weighted by Crippen LogP contribution is 2.26. The fraction of sp³-hybridized carbons (Fsp3) is 0.278. The monoisotopic (exact) mass is 266 g/mol. The number of ether oxygens (including phenoxy) is 1. The Morgan fingerprint density at radius 2 is 1.85 bits per heavy atom. The normalized spacial score (nSPS) is 12.8. The molecule has 0 amide bonds. The predicted molar refractivity (Wildman–Crippen MR) is 79.5 cm³/mol. The Bertz CT molecular complexity index is 626. The lowest BCUT2D eigenvalue weighted by atomic mass is 9.99. The third kappa shape index (κ3) is 2.46. The topological polar surface area (TPSA) is 26.3 Å². The lowest BCUT2D eigenvalue weighted by Gasteiger charge is -2.05. The van der Waals surface area contributed by atoms with Crippen LogP contribution in [0.4, 0.5) is 0 Å². The van der Waals surface area contributed by atoms with Crippen molar-refractivity contribution in [3.8, 4) is 5.75 Å². The van der Waals surface area contributed by atoms with Crippen LogP contribution >= 0.6 is 0 Å². The standard InChI is InChI=1S/C18H18O2/c1-2-3-13-4-6-14(7-5-13)18(19)16-8-9-17-15(12-16)10-11-20-17/h4-9,12H,2-3,10-11H2,1H3. The summed E-state index contributed by atoms with van der Waals surface area (Å²) in [5, 5.41) is 0. The number of hydrogen-bond acceptors (Lipinski definition) is 2. The molecule has 0 atom stereocenters. The van der Waals surface area contributed by atoms with Crippen molar-refractivity contribution in [3.05, 3.63) is 64.7 Å². The van der Waals surface area contributed by atoms with Gasteiger partial charge in [0.05, 0.1) is 6.61 Å². The second kappa shape index (κ2) is 5.49. The van der Waals surface area contributed by atoms with Crippen molar-refractivity contribution in [3.63, 3.8) is 0 Å². The zero-order chi connectivity index (χ0) is 13.9. The third-order valence-electron chi connectivity index (χ3n) is 3.71. The highest BCUT2D eigenvalue weighted by Gasteiger charge is 2.15. The van der Waals surface area contributed by atoms with E-state index in [2.05, 4.69) is 6.92 Å². The minimum Gasteiger partial charge on any atom is -0.493 e. The van der Waals surface area contributed by atoms with Gasteiger partial charge in [0, 0.05) is 17.5 Å². The summed E-state index contributed by atoms with van der Waals surface area (Å²) in [7, 11) is 0. The summed E-state index contributed by atoms with van der Waals surface area (Å²) in [5.74, 6) is 1.00. The first-order valence-electron chi connectivity index (χ1n) is 7.17. The number of hydrogen-bond donors (Lipinski definition) is 0. The van der Waals surface area contributed by atoms with Gasteiger partial charge in [0.1, 0.15) is 5.75 Å². The van der Waals surface area contributed by atoms with Crippen molar-refractivity contribution in [1.29, 1.82) is 0 Å². The van der Waals surface area contributed by atoms with E-state index >= 15 is 0 Å². The Morgan fingerprint density at radius 3 is 2.60 bits per heavy atom. The second-order valence-corrected chi connectivity index (χ2v) is 5.20. The Balaban J connectivity index is 1.84.